The van der Waals surface area contributed by atoms with Crippen LogP contribution in [0.15, 0.2) is 134 Å². The van der Waals surface area contributed by atoms with Gasteiger partial charge in [-0.25, -0.2) is 24.6 Å². The summed E-state index contributed by atoms with van der Waals surface area (Å²) in [6.45, 7) is 11.8. The molecule has 14 heteroatoms. The van der Waals surface area contributed by atoms with Gasteiger partial charge in [0, 0.05) is 66.3 Å². The number of ether oxygens (including phenoxy) is 4. The van der Waals surface area contributed by atoms with E-state index in [0.717, 1.165) is 99.5 Å². The lowest BCUT2D eigenvalue weighted by molar-refractivity contribution is -0.155. The molecule has 71 heavy (non-hydrogen) atoms. The lowest BCUT2D eigenvalue weighted by Crippen LogP contribution is -2.24. The van der Waals surface area contributed by atoms with Crippen LogP contribution in [0.3, 0.4) is 0 Å². The van der Waals surface area contributed by atoms with E-state index in [4.69, 9.17) is 29.8 Å². The predicted molar refractivity (Wildman–Crippen MR) is 279 cm³/mol. The summed E-state index contributed by atoms with van der Waals surface area (Å²) in [6, 6.07) is 34.2. The number of hydrogen-bond acceptors (Lipinski definition) is 12. The molecule has 0 spiro atoms. The summed E-state index contributed by atoms with van der Waals surface area (Å²) in [4.78, 5) is 29.8. The summed E-state index contributed by atoms with van der Waals surface area (Å²) in [6.07, 6.45) is 16.7. The molecule has 0 aliphatic carbocycles. The molecule has 3 N–H and O–H groups in total. The molecule has 8 aromatic rings. The highest BCUT2D eigenvalue weighted by molar-refractivity contribution is 6.01. The van der Waals surface area contributed by atoms with Crippen molar-refractivity contribution in [3.8, 4) is 12.0 Å². The van der Waals surface area contributed by atoms with Crippen LogP contribution in [0.25, 0.3) is 44.1 Å². The molecule has 0 saturated carbocycles. The molecule has 1 saturated heterocycles. The second-order valence-electron chi connectivity index (χ2n) is 18.2. The molecule has 5 heterocycles. The van der Waals surface area contributed by atoms with Crippen molar-refractivity contribution < 1.29 is 23.7 Å². The minimum absolute atomic E-state index is 0.0160. The summed E-state index contributed by atoms with van der Waals surface area (Å²) < 4.78 is 24.6. The van der Waals surface area contributed by atoms with Gasteiger partial charge in [0.05, 0.1) is 30.0 Å². The molecule has 1 atom stereocenters. The Balaban J connectivity index is 0.000000204. The van der Waals surface area contributed by atoms with E-state index in [0.29, 0.717) is 32.2 Å². The molecule has 0 radical (unpaired) electrons. The molecule has 4 aromatic heterocycles. The van der Waals surface area contributed by atoms with Gasteiger partial charge in [0.1, 0.15) is 12.2 Å². The normalized spacial score (nSPS) is 14.5. The smallest absolute Gasteiger partial charge is 0.316 e. The van der Waals surface area contributed by atoms with E-state index < -0.39 is 5.60 Å². The van der Waals surface area contributed by atoms with Crippen molar-refractivity contribution in [3.05, 3.63) is 168 Å². The monoisotopic (exact) mass is 953 g/mol. The Morgan fingerprint density at radius 1 is 0.690 bits per heavy atom. The zero-order valence-corrected chi connectivity index (χ0v) is 41.3. The Labute approximate surface area is 415 Å². The number of rotatable bonds is 17. The second-order valence-corrected chi connectivity index (χ2v) is 18.2. The molecule has 0 amide bonds. The number of allylic oxidation sites excluding steroid dienone is 2. The average molecular weight is 954 g/mol. The third-order valence-electron chi connectivity index (χ3n) is 12.0. The summed E-state index contributed by atoms with van der Waals surface area (Å²) in [5.74, 6) is -0.237. The fourth-order valence-electron chi connectivity index (χ4n) is 8.77. The molecule has 0 bridgehead atoms. The number of carbonyl (C=O) groups excluding carboxylic acids is 1. The zero-order valence-electron chi connectivity index (χ0n) is 41.3. The van der Waals surface area contributed by atoms with E-state index in [1.807, 2.05) is 74.8 Å². The first-order valence-corrected chi connectivity index (χ1v) is 24.5. The average Bonchev–Trinajstić information content (AvgIpc) is 4.06. The number of carbonyl (C=O) groups is 1. The SMILES string of the molecule is CC/C(=C(/c1cnc(OCCCC(=O)OC(C)(C)C)nc1)c1ccc2c(cnn2C2CCCCO2)c1)c1ccccc1.CC/C(=C(/c1cnc(OCCN)nc1)c1ccc2[nH]ncc2c1)c1ccccc1. The minimum Gasteiger partial charge on any atom is -0.463 e. The number of fused-ring (bicyclic) bond motifs is 2. The van der Waals surface area contributed by atoms with Crippen molar-refractivity contribution in [2.24, 2.45) is 5.73 Å². The number of aromatic amines is 1. The van der Waals surface area contributed by atoms with Gasteiger partial charge in [0.25, 0.3) is 0 Å². The van der Waals surface area contributed by atoms with Gasteiger partial charge in [0.2, 0.25) is 0 Å². The zero-order chi connectivity index (χ0) is 49.6. The maximum absolute atomic E-state index is 12.0. The predicted octanol–water partition coefficient (Wildman–Crippen LogP) is 11.5. The highest BCUT2D eigenvalue weighted by atomic mass is 16.6. The molecule has 1 aliphatic heterocycles. The van der Waals surface area contributed by atoms with Gasteiger partial charge in [-0.1, -0.05) is 86.6 Å². The molecule has 1 fully saturated rings. The standard InChI is InChI=1S/C34H40N4O4.C23H23N5O/c1-5-28(24-12-7-6-8-13-24)32(25-16-17-29-26(20-25)23-37-38(29)30-14-9-10-18-40-30)27-21-35-33(36-22-27)41-19-11-15-31(39)42-34(2,3)4;1-2-20(16-6-4-3-5-7-16)22(17-8-9-21-18(12-17)15-27-28-21)19-13-25-23(26-14-19)29-11-10-24/h6-8,12-13,16-17,20-23,30H,5,9-11,14-15,18-19H2,1-4H3;3-9,12-15H,2,10-11,24H2,1H3,(H,27,28)/b32-28-;22-20-. The van der Waals surface area contributed by atoms with Gasteiger partial charge in [-0.3, -0.25) is 9.89 Å². The van der Waals surface area contributed by atoms with Crippen LogP contribution >= 0.6 is 0 Å². The number of hydrogen-bond donors (Lipinski definition) is 2. The lowest BCUT2D eigenvalue weighted by atomic mass is 9.89. The van der Waals surface area contributed by atoms with E-state index in [1.165, 1.54) is 16.7 Å². The van der Waals surface area contributed by atoms with E-state index in [2.05, 4.69) is 129 Å². The first-order valence-electron chi connectivity index (χ1n) is 24.5. The van der Waals surface area contributed by atoms with Crippen molar-refractivity contribution in [2.75, 3.05) is 26.4 Å². The van der Waals surface area contributed by atoms with Crippen molar-refractivity contribution in [1.29, 1.82) is 0 Å². The number of H-pyrrole nitrogens is 1. The van der Waals surface area contributed by atoms with E-state index >= 15 is 0 Å². The quantitative estimate of drug-likeness (QED) is 0.0502. The topological polar surface area (TPSA) is 178 Å². The molecular weight excluding hydrogens is 891 g/mol. The van der Waals surface area contributed by atoms with Gasteiger partial charge in [0.15, 0.2) is 6.23 Å². The van der Waals surface area contributed by atoms with Gasteiger partial charge in [-0.05, 0) is 128 Å². The molecule has 1 unspecified atom stereocenters. The number of nitrogens with zero attached hydrogens (tertiary/aromatic N) is 7. The van der Waals surface area contributed by atoms with Crippen molar-refractivity contribution in [2.45, 2.75) is 91.4 Å². The second kappa shape index (κ2) is 23.8. The Bertz CT molecular complexity index is 3040. The van der Waals surface area contributed by atoms with Crippen molar-refractivity contribution in [1.82, 2.24) is 39.9 Å². The van der Waals surface area contributed by atoms with Gasteiger partial charge in [-0.15, -0.1) is 0 Å². The first kappa shape index (κ1) is 49.9. The fraction of sp³-hybridized carbons (Fsp3) is 0.316. The number of aromatic nitrogens is 8. The molecule has 14 nitrogen and oxygen atoms in total. The van der Waals surface area contributed by atoms with Gasteiger partial charge >= 0.3 is 18.0 Å². The fourth-order valence-corrected chi connectivity index (χ4v) is 8.77. The Hall–Kier alpha value is -7.55. The highest BCUT2D eigenvalue weighted by Gasteiger charge is 2.21. The number of nitrogens with two attached hydrogens (primary N) is 1. The third-order valence-corrected chi connectivity index (χ3v) is 12.0. The Kier molecular flexibility index (Phi) is 16.7. The van der Waals surface area contributed by atoms with E-state index in [-0.39, 0.29) is 24.6 Å². The molecule has 9 rings (SSSR count). The molecule has 1 aliphatic rings. The Morgan fingerprint density at radius 2 is 1.27 bits per heavy atom. The molecule has 4 aromatic carbocycles. The number of esters is 1. The van der Waals surface area contributed by atoms with Crippen LogP contribution in [0.5, 0.6) is 12.0 Å². The van der Waals surface area contributed by atoms with Crippen molar-refractivity contribution >= 4 is 50.1 Å². The van der Waals surface area contributed by atoms with Crippen LogP contribution in [-0.2, 0) is 14.3 Å². The van der Waals surface area contributed by atoms with Crippen LogP contribution in [0.1, 0.15) is 119 Å². The number of benzene rings is 4. The summed E-state index contributed by atoms with van der Waals surface area (Å²) in [7, 11) is 0. The van der Waals surface area contributed by atoms with Crippen LogP contribution in [0, 0.1) is 0 Å². The van der Waals surface area contributed by atoms with Gasteiger partial charge in [-0.2, -0.15) is 10.2 Å². The van der Waals surface area contributed by atoms with E-state index in [1.54, 1.807) is 0 Å². The summed E-state index contributed by atoms with van der Waals surface area (Å²) in [5.41, 5.74) is 18.0. The van der Waals surface area contributed by atoms with Crippen molar-refractivity contribution in [3.63, 3.8) is 0 Å². The van der Waals surface area contributed by atoms with E-state index in [9.17, 15) is 4.79 Å². The summed E-state index contributed by atoms with van der Waals surface area (Å²) >= 11 is 0. The van der Waals surface area contributed by atoms with Gasteiger partial charge < -0.3 is 24.7 Å². The Morgan fingerprint density at radius 3 is 1.82 bits per heavy atom. The van der Waals surface area contributed by atoms with Crippen LogP contribution < -0.4 is 15.2 Å². The maximum atomic E-state index is 12.0. The first-order chi connectivity index (χ1) is 34.6. The minimum atomic E-state index is -0.492. The maximum Gasteiger partial charge on any atom is 0.316 e. The number of nitrogens with one attached hydrogen (secondary N) is 1. The largest absolute Gasteiger partial charge is 0.463 e. The van der Waals surface area contributed by atoms with Crippen LogP contribution in [0.2, 0.25) is 0 Å². The van der Waals surface area contributed by atoms with Crippen LogP contribution in [0.4, 0.5) is 0 Å². The van der Waals surface area contributed by atoms with Crippen LogP contribution in [-0.4, -0.2) is 77.8 Å². The summed E-state index contributed by atoms with van der Waals surface area (Å²) in [5, 5.41) is 14.0. The third kappa shape index (κ3) is 12.8. The molecule has 366 valence electrons. The highest BCUT2D eigenvalue weighted by Crippen LogP contribution is 2.37. The molecular formula is C57H63N9O5. The lowest BCUT2D eigenvalue weighted by Gasteiger charge is -2.23.